The molecule has 1 aliphatic rings. The molecule has 10 heteroatoms. The number of aromatic nitrogens is 3. The topological polar surface area (TPSA) is 113 Å². The smallest absolute Gasteiger partial charge is 0.413 e. The Bertz CT molecular complexity index is 1300. The first-order chi connectivity index (χ1) is 18.1. The van der Waals surface area contributed by atoms with E-state index in [1.807, 2.05) is 30.5 Å². The lowest BCUT2D eigenvalue weighted by Crippen LogP contribution is -2.45. The first-order valence-electron chi connectivity index (χ1n) is 12.5. The number of carbonyl (C=O) groups excluding carboxylic acids is 1. The van der Waals surface area contributed by atoms with Crippen molar-refractivity contribution in [2.24, 2.45) is 7.05 Å². The van der Waals surface area contributed by atoms with E-state index in [-0.39, 0.29) is 5.91 Å². The highest BCUT2D eigenvalue weighted by atomic mass is 16.5. The molecule has 0 bridgehead atoms. The molecule has 3 aromatic rings. The van der Waals surface area contributed by atoms with E-state index in [0.717, 1.165) is 44.0 Å². The number of amides is 2. The average Bonchev–Trinajstić information content (AvgIpc) is 3.30. The van der Waals surface area contributed by atoms with Crippen molar-refractivity contribution in [1.82, 2.24) is 19.7 Å². The van der Waals surface area contributed by atoms with Crippen LogP contribution < -0.4 is 10.2 Å². The first-order valence-corrected chi connectivity index (χ1v) is 12.5. The molecule has 3 heterocycles. The number of aryl methyl sites for hydroxylation is 1. The van der Waals surface area contributed by atoms with E-state index in [2.05, 4.69) is 20.3 Å². The predicted molar refractivity (Wildman–Crippen MR) is 147 cm³/mol. The largest absolute Gasteiger partial charge is 0.465 e. The Balaban J connectivity index is 1.51. The van der Waals surface area contributed by atoms with Crippen molar-refractivity contribution in [3.8, 4) is 11.1 Å². The van der Waals surface area contributed by atoms with Gasteiger partial charge in [-0.05, 0) is 56.2 Å². The first kappa shape index (κ1) is 27.0. The number of nitrogens with zero attached hydrogens (tertiary/aromatic N) is 5. The van der Waals surface area contributed by atoms with Crippen LogP contribution in [0.4, 0.5) is 16.3 Å². The molecule has 0 saturated carbocycles. The van der Waals surface area contributed by atoms with Gasteiger partial charge in [0.2, 0.25) is 5.91 Å². The Kier molecular flexibility index (Phi) is 8.23. The van der Waals surface area contributed by atoms with Crippen LogP contribution in [0.25, 0.3) is 17.2 Å². The minimum absolute atomic E-state index is 0.283. The molecule has 4 rings (SSSR count). The molecule has 0 unspecified atom stereocenters. The molecule has 1 saturated heterocycles. The zero-order valence-corrected chi connectivity index (χ0v) is 22.2. The highest BCUT2D eigenvalue weighted by Crippen LogP contribution is 2.30. The van der Waals surface area contributed by atoms with E-state index in [1.54, 1.807) is 57.0 Å². The van der Waals surface area contributed by atoms with Gasteiger partial charge < -0.3 is 15.2 Å². The summed E-state index contributed by atoms with van der Waals surface area (Å²) in [6.07, 6.45) is 7.11. The van der Waals surface area contributed by atoms with E-state index >= 15 is 0 Å². The zero-order chi connectivity index (χ0) is 27.3. The molecule has 1 aromatic carbocycles. The summed E-state index contributed by atoms with van der Waals surface area (Å²) in [5.74, 6) is 0.0108. The quantitative estimate of drug-likeness (QED) is 0.450. The van der Waals surface area contributed by atoms with Gasteiger partial charge in [-0.25, -0.2) is 9.78 Å². The van der Waals surface area contributed by atoms with E-state index in [1.165, 1.54) is 16.5 Å². The van der Waals surface area contributed by atoms with E-state index < -0.39 is 11.6 Å². The Labute approximate surface area is 222 Å². The van der Waals surface area contributed by atoms with Gasteiger partial charge in [0, 0.05) is 67.5 Å². The molecule has 0 atom stereocenters. The molecule has 2 amide bonds. The number of hydrogen-bond acceptors (Lipinski definition) is 6. The maximum absolute atomic E-state index is 12.7. The van der Waals surface area contributed by atoms with Crippen molar-refractivity contribution < 1.29 is 19.4 Å². The fourth-order valence-corrected chi connectivity index (χ4v) is 4.31. The predicted octanol–water partition coefficient (Wildman–Crippen LogP) is 4.25. The lowest BCUT2D eigenvalue weighted by atomic mass is 10.0. The molecule has 2 N–H and O–H groups in total. The molecule has 0 aliphatic carbocycles. The summed E-state index contributed by atoms with van der Waals surface area (Å²) in [6.45, 7) is 9.63. The number of ether oxygens (including phenoxy) is 1. The van der Waals surface area contributed by atoms with Crippen molar-refractivity contribution in [1.29, 1.82) is 0 Å². The number of nitrogens with one attached hydrogen (secondary N) is 1. The van der Waals surface area contributed by atoms with Crippen molar-refractivity contribution in [3.63, 3.8) is 0 Å². The third-order valence-corrected chi connectivity index (χ3v) is 6.17. The van der Waals surface area contributed by atoms with Crippen LogP contribution in [-0.4, -0.2) is 68.6 Å². The van der Waals surface area contributed by atoms with Crippen LogP contribution in [0.2, 0.25) is 0 Å². The molecule has 2 aromatic heterocycles. The lowest BCUT2D eigenvalue weighted by Gasteiger charge is -2.32. The fraction of sp³-hybridized carbons (Fsp3) is 0.357. The van der Waals surface area contributed by atoms with Crippen molar-refractivity contribution >= 4 is 29.6 Å². The summed E-state index contributed by atoms with van der Waals surface area (Å²) in [5, 5.41) is 16.9. The van der Waals surface area contributed by atoms with Gasteiger partial charge in [0.25, 0.3) is 0 Å². The van der Waals surface area contributed by atoms with Gasteiger partial charge in [0.15, 0.2) is 0 Å². The van der Waals surface area contributed by atoms with Crippen LogP contribution in [0, 0.1) is 0 Å². The number of hydrogen-bond donors (Lipinski definition) is 2. The highest BCUT2D eigenvalue weighted by Gasteiger charge is 2.29. The van der Waals surface area contributed by atoms with E-state index in [0.29, 0.717) is 17.1 Å². The molecule has 1 fully saturated rings. The molecular weight excluding hydrogens is 484 g/mol. The maximum atomic E-state index is 12.7. The van der Waals surface area contributed by atoms with Gasteiger partial charge in [0.1, 0.15) is 5.82 Å². The molecule has 200 valence electrons. The lowest BCUT2D eigenvalue weighted by molar-refractivity contribution is -0.111. The molecular formula is C28H34N6O4. The highest BCUT2D eigenvalue weighted by molar-refractivity contribution is 6.02. The van der Waals surface area contributed by atoms with Gasteiger partial charge in [-0.2, -0.15) is 5.10 Å². The van der Waals surface area contributed by atoms with Gasteiger partial charge in [-0.1, -0.05) is 12.1 Å². The van der Waals surface area contributed by atoms with Crippen LogP contribution >= 0.6 is 0 Å². The van der Waals surface area contributed by atoms with Crippen LogP contribution in [0.3, 0.4) is 0 Å². The van der Waals surface area contributed by atoms with E-state index in [4.69, 9.17) is 4.74 Å². The second-order valence-corrected chi connectivity index (χ2v) is 10.2. The van der Waals surface area contributed by atoms with Crippen LogP contribution in [0.5, 0.6) is 0 Å². The number of anilines is 2. The fourth-order valence-electron chi connectivity index (χ4n) is 4.31. The molecule has 0 spiro atoms. The second-order valence-electron chi connectivity index (χ2n) is 10.2. The van der Waals surface area contributed by atoms with Gasteiger partial charge >= 0.3 is 6.09 Å². The van der Waals surface area contributed by atoms with Crippen LogP contribution in [0.15, 0.2) is 55.0 Å². The number of carboxylic acid groups (broad SMARTS) is 1. The SMILES string of the molecule is Cn1cc(-c2cc(N(C(=O)O)C(C)(C)C)ncc2/C=C\C(=O)Nc2ccc(CN3CCOCC3)cc2)cn1. The maximum Gasteiger partial charge on any atom is 0.413 e. The number of carbonyl (C=O) groups is 2. The number of morpholine rings is 1. The molecule has 1 aliphatic heterocycles. The number of rotatable bonds is 7. The third kappa shape index (κ3) is 6.84. The summed E-state index contributed by atoms with van der Waals surface area (Å²) in [6, 6.07) is 9.53. The Morgan fingerprint density at radius 2 is 1.87 bits per heavy atom. The summed E-state index contributed by atoms with van der Waals surface area (Å²) in [4.78, 5) is 32.6. The summed E-state index contributed by atoms with van der Waals surface area (Å²) >= 11 is 0. The third-order valence-electron chi connectivity index (χ3n) is 6.17. The average molecular weight is 519 g/mol. The summed E-state index contributed by atoms with van der Waals surface area (Å²) < 4.78 is 7.06. The van der Waals surface area contributed by atoms with Crippen LogP contribution in [-0.2, 0) is 23.1 Å². The van der Waals surface area contributed by atoms with Crippen molar-refractivity contribution in [3.05, 3.63) is 66.1 Å². The van der Waals surface area contributed by atoms with Crippen molar-refractivity contribution in [2.45, 2.75) is 32.9 Å². The number of benzene rings is 1. The summed E-state index contributed by atoms with van der Waals surface area (Å²) in [7, 11) is 1.81. The Morgan fingerprint density at radius 1 is 1.16 bits per heavy atom. The minimum Gasteiger partial charge on any atom is -0.465 e. The zero-order valence-electron chi connectivity index (χ0n) is 22.2. The molecule has 0 radical (unpaired) electrons. The Hall–Kier alpha value is -4.02. The summed E-state index contributed by atoms with van der Waals surface area (Å²) in [5.41, 5.74) is 3.35. The molecule has 10 nitrogen and oxygen atoms in total. The van der Waals surface area contributed by atoms with E-state index in [9.17, 15) is 14.7 Å². The Morgan fingerprint density at radius 3 is 2.47 bits per heavy atom. The normalized spacial score (nSPS) is 14.5. The number of pyridine rings is 1. The second kappa shape index (κ2) is 11.6. The standard InChI is InChI=1S/C28H34N6O4/c1-28(2,3)34(27(36)37)25-15-24(22-17-30-32(4)19-22)21(16-29-25)7-10-26(35)31-23-8-5-20(6-9-23)18-33-11-13-38-14-12-33/h5-10,15-17,19H,11-14,18H2,1-4H3,(H,31,35)(H,36,37)/b10-7-. The van der Waals surface area contributed by atoms with Gasteiger partial charge in [-0.3, -0.25) is 19.3 Å². The molecule has 38 heavy (non-hydrogen) atoms. The van der Waals surface area contributed by atoms with Gasteiger partial charge in [-0.15, -0.1) is 0 Å². The van der Waals surface area contributed by atoms with Crippen LogP contribution in [0.1, 0.15) is 31.9 Å². The van der Waals surface area contributed by atoms with Crippen molar-refractivity contribution in [2.75, 3.05) is 36.5 Å². The minimum atomic E-state index is -1.10. The monoisotopic (exact) mass is 518 g/mol. The van der Waals surface area contributed by atoms with Gasteiger partial charge in [0.05, 0.1) is 19.4 Å².